The first-order chi connectivity index (χ1) is 16.9. The Balaban J connectivity index is 1.52. The summed E-state index contributed by atoms with van der Waals surface area (Å²) in [5, 5.41) is 4.09. The monoisotopic (exact) mass is 602 g/mol. The van der Waals surface area contributed by atoms with Crippen LogP contribution in [0.3, 0.4) is 0 Å². The van der Waals surface area contributed by atoms with E-state index >= 15 is 0 Å². The molecule has 0 aliphatic heterocycles. The minimum Gasteiger partial charge on any atom is -0.497 e. The number of hydrogen-bond acceptors (Lipinski definition) is 5. The average Bonchev–Trinajstić information content (AvgIpc) is 2.85. The summed E-state index contributed by atoms with van der Waals surface area (Å²) in [7, 11) is 3.24. The number of rotatable bonds is 11. The van der Waals surface area contributed by atoms with Crippen LogP contribution < -0.4 is 19.6 Å². The van der Waals surface area contributed by atoms with E-state index in [0.717, 1.165) is 44.2 Å². The number of carbonyl (C=O) groups excluding carboxylic acids is 1. The molecular formula is C27H28Br2N2O4. The second kappa shape index (κ2) is 13.3. The van der Waals surface area contributed by atoms with Crippen molar-refractivity contribution in [3.8, 4) is 17.2 Å². The topological polar surface area (TPSA) is 69.2 Å². The molecule has 0 spiro atoms. The van der Waals surface area contributed by atoms with Crippen LogP contribution in [-0.4, -0.2) is 26.3 Å². The summed E-state index contributed by atoms with van der Waals surface area (Å²) < 4.78 is 18.5. The van der Waals surface area contributed by atoms with E-state index in [1.807, 2.05) is 61.5 Å². The Bertz CT molecular complexity index is 1180. The average molecular weight is 604 g/mol. The molecule has 0 atom stereocenters. The number of methoxy groups -OCH3 is 2. The van der Waals surface area contributed by atoms with Crippen LogP contribution in [0.1, 0.15) is 35.1 Å². The van der Waals surface area contributed by atoms with Gasteiger partial charge in [0, 0.05) is 10.9 Å². The van der Waals surface area contributed by atoms with Gasteiger partial charge >= 0.3 is 0 Å². The number of hydrogen-bond donors (Lipinski definition) is 1. The SMILES string of the molecule is COc1ccc(CCCC(=O)N/N=C\c2cc(Br)c(OCc3ccc(Br)cc3)c(OC)c2)c(C)c1. The van der Waals surface area contributed by atoms with Crippen molar-refractivity contribution in [3.05, 3.63) is 85.8 Å². The van der Waals surface area contributed by atoms with Gasteiger partial charge in [0.05, 0.1) is 24.9 Å². The van der Waals surface area contributed by atoms with Gasteiger partial charge < -0.3 is 14.2 Å². The van der Waals surface area contributed by atoms with E-state index < -0.39 is 0 Å². The molecule has 0 unspecified atom stereocenters. The number of amides is 1. The highest BCUT2D eigenvalue weighted by Crippen LogP contribution is 2.37. The summed E-state index contributed by atoms with van der Waals surface area (Å²) in [5.41, 5.74) is 6.76. The first-order valence-electron chi connectivity index (χ1n) is 11.1. The molecule has 0 saturated heterocycles. The van der Waals surface area contributed by atoms with Crippen LogP contribution in [0.2, 0.25) is 0 Å². The Morgan fingerprint density at radius 3 is 2.49 bits per heavy atom. The third-order valence-corrected chi connectivity index (χ3v) is 6.47. The highest BCUT2D eigenvalue weighted by Gasteiger charge is 2.12. The van der Waals surface area contributed by atoms with Gasteiger partial charge in [-0.3, -0.25) is 4.79 Å². The summed E-state index contributed by atoms with van der Waals surface area (Å²) >= 11 is 6.98. The van der Waals surface area contributed by atoms with E-state index in [4.69, 9.17) is 14.2 Å². The molecule has 0 aliphatic carbocycles. The Morgan fingerprint density at radius 1 is 1.03 bits per heavy atom. The van der Waals surface area contributed by atoms with Gasteiger partial charge in [-0.25, -0.2) is 5.43 Å². The summed E-state index contributed by atoms with van der Waals surface area (Å²) in [6.45, 7) is 2.45. The number of halogens is 2. The van der Waals surface area contributed by atoms with Crippen LogP contribution >= 0.6 is 31.9 Å². The Kier molecular flexibility index (Phi) is 10.2. The molecule has 184 valence electrons. The fourth-order valence-electron chi connectivity index (χ4n) is 3.44. The number of nitrogens with one attached hydrogen (secondary N) is 1. The zero-order chi connectivity index (χ0) is 25.2. The van der Waals surface area contributed by atoms with Crippen molar-refractivity contribution in [1.82, 2.24) is 5.43 Å². The fraction of sp³-hybridized carbons (Fsp3) is 0.259. The predicted octanol–water partition coefficient (Wildman–Crippen LogP) is 6.59. The van der Waals surface area contributed by atoms with E-state index in [1.54, 1.807) is 20.4 Å². The molecule has 3 aromatic carbocycles. The molecule has 6 nitrogen and oxygen atoms in total. The summed E-state index contributed by atoms with van der Waals surface area (Å²) in [6.07, 6.45) is 3.52. The van der Waals surface area contributed by atoms with Gasteiger partial charge in [-0.2, -0.15) is 5.10 Å². The van der Waals surface area contributed by atoms with Crippen LogP contribution in [0.4, 0.5) is 0 Å². The molecular weight excluding hydrogens is 576 g/mol. The maximum absolute atomic E-state index is 12.2. The summed E-state index contributed by atoms with van der Waals surface area (Å²) in [6, 6.07) is 17.6. The predicted molar refractivity (Wildman–Crippen MR) is 146 cm³/mol. The van der Waals surface area contributed by atoms with E-state index in [2.05, 4.69) is 42.4 Å². The molecule has 0 bridgehead atoms. The summed E-state index contributed by atoms with van der Waals surface area (Å²) in [5.74, 6) is 1.88. The van der Waals surface area contributed by atoms with Gasteiger partial charge in [-0.1, -0.05) is 34.1 Å². The minimum atomic E-state index is -0.132. The Morgan fingerprint density at radius 2 is 1.80 bits per heavy atom. The van der Waals surface area contributed by atoms with Gasteiger partial charge in [0.2, 0.25) is 5.91 Å². The lowest BCUT2D eigenvalue weighted by molar-refractivity contribution is -0.121. The van der Waals surface area contributed by atoms with Crippen LogP contribution in [0.15, 0.2) is 68.6 Å². The highest BCUT2D eigenvalue weighted by molar-refractivity contribution is 9.10. The zero-order valence-corrected chi connectivity index (χ0v) is 23.1. The van der Waals surface area contributed by atoms with Gasteiger partial charge in [-0.05, 0) is 94.3 Å². The minimum absolute atomic E-state index is 0.132. The third kappa shape index (κ3) is 8.11. The van der Waals surface area contributed by atoms with Crippen molar-refractivity contribution in [2.45, 2.75) is 32.8 Å². The van der Waals surface area contributed by atoms with Crippen molar-refractivity contribution in [2.75, 3.05) is 14.2 Å². The van der Waals surface area contributed by atoms with Crippen molar-refractivity contribution in [2.24, 2.45) is 5.10 Å². The van der Waals surface area contributed by atoms with Crippen molar-refractivity contribution in [3.63, 3.8) is 0 Å². The molecule has 8 heteroatoms. The molecule has 0 radical (unpaired) electrons. The summed E-state index contributed by atoms with van der Waals surface area (Å²) in [4.78, 5) is 12.2. The lowest BCUT2D eigenvalue weighted by Crippen LogP contribution is -2.17. The molecule has 0 saturated carbocycles. The Labute approximate surface area is 222 Å². The van der Waals surface area contributed by atoms with Crippen molar-refractivity contribution >= 4 is 44.0 Å². The quantitative estimate of drug-likeness (QED) is 0.198. The van der Waals surface area contributed by atoms with Gasteiger partial charge in [-0.15, -0.1) is 0 Å². The number of benzene rings is 3. The van der Waals surface area contributed by atoms with Gasteiger partial charge in [0.25, 0.3) is 0 Å². The molecule has 0 aromatic heterocycles. The first kappa shape index (κ1) is 26.8. The molecule has 0 aliphatic rings. The van der Waals surface area contributed by atoms with Crippen LogP contribution in [0, 0.1) is 6.92 Å². The number of nitrogens with zero attached hydrogens (tertiary/aromatic N) is 1. The fourth-order valence-corrected chi connectivity index (χ4v) is 4.28. The molecule has 3 aromatic rings. The molecule has 3 rings (SSSR count). The zero-order valence-electron chi connectivity index (χ0n) is 19.9. The number of hydrazone groups is 1. The van der Waals surface area contributed by atoms with Gasteiger partial charge in [0.1, 0.15) is 12.4 Å². The first-order valence-corrected chi connectivity index (χ1v) is 12.7. The maximum atomic E-state index is 12.2. The largest absolute Gasteiger partial charge is 0.497 e. The third-order valence-electron chi connectivity index (χ3n) is 5.35. The second-order valence-corrected chi connectivity index (χ2v) is 9.66. The van der Waals surface area contributed by atoms with Crippen molar-refractivity contribution < 1.29 is 19.0 Å². The molecule has 0 fully saturated rings. The van der Waals surface area contributed by atoms with E-state index in [-0.39, 0.29) is 5.91 Å². The van der Waals surface area contributed by atoms with E-state index in [0.29, 0.717) is 24.5 Å². The van der Waals surface area contributed by atoms with E-state index in [9.17, 15) is 4.79 Å². The van der Waals surface area contributed by atoms with Crippen LogP contribution in [0.25, 0.3) is 0 Å². The van der Waals surface area contributed by atoms with Crippen LogP contribution in [0.5, 0.6) is 17.2 Å². The number of carbonyl (C=O) groups is 1. The molecule has 1 amide bonds. The normalized spacial score (nSPS) is 10.9. The number of ether oxygens (including phenoxy) is 3. The maximum Gasteiger partial charge on any atom is 0.240 e. The van der Waals surface area contributed by atoms with E-state index in [1.165, 1.54) is 5.56 Å². The Hall–Kier alpha value is -2.84. The number of aryl methyl sites for hydroxylation is 2. The molecule has 0 heterocycles. The van der Waals surface area contributed by atoms with Gasteiger partial charge in [0.15, 0.2) is 11.5 Å². The lowest BCUT2D eigenvalue weighted by atomic mass is 10.0. The van der Waals surface area contributed by atoms with Crippen LogP contribution in [-0.2, 0) is 17.8 Å². The molecule has 1 N–H and O–H groups in total. The van der Waals surface area contributed by atoms with Crippen molar-refractivity contribution in [1.29, 1.82) is 0 Å². The second-order valence-electron chi connectivity index (χ2n) is 7.89. The smallest absolute Gasteiger partial charge is 0.240 e. The highest BCUT2D eigenvalue weighted by atomic mass is 79.9. The lowest BCUT2D eigenvalue weighted by Gasteiger charge is -2.13. The standard InChI is InChI=1S/C27H28Br2N2O4/c1-18-13-23(33-2)12-9-21(18)5-4-6-26(32)31-30-16-20-14-24(29)27(25(15-20)34-3)35-17-19-7-10-22(28)11-8-19/h7-16H,4-6,17H2,1-3H3,(H,31,32)/b30-16-. The molecule has 35 heavy (non-hydrogen) atoms.